The highest BCUT2D eigenvalue weighted by Crippen LogP contribution is 2.04. The van der Waals surface area contributed by atoms with Gasteiger partial charge in [-0.2, -0.15) is 0 Å². The quantitative estimate of drug-likeness (QED) is 0.587. The molecule has 1 saturated heterocycles. The van der Waals surface area contributed by atoms with Crippen molar-refractivity contribution in [3.63, 3.8) is 0 Å². The number of nitrogens with two attached hydrogens (primary N) is 1. The second-order valence-corrected chi connectivity index (χ2v) is 3.45. The summed E-state index contributed by atoms with van der Waals surface area (Å²) in [5, 5.41) is 3.44. The third kappa shape index (κ3) is 2.43. The van der Waals surface area contributed by atoms with E-state index < -0.39 is 0 Å². The van der Waals surface area contributed by atoms with Crippen molar-refractivity contribution in [2.24, 2.45) is 5.73 Å². The molecule has 0 amide bonds. The molecule has 0 aromatic heterocycles. The first kappa shape index (κ1) is 8.97. The van der Waals surface area contributed by atoms with Gasteiger partial charge in [-0.1, -0.05) is 6.92 Å². The Balaban J connectivity index is 2.23. The van der Waals surface area contributed by atoms with E-state index in [1.165, 1.54) is 6.42 Å². The first-order valence-corrected chi connectivity index (χ1v) is 4.41. The van der Waals surface area contributed by atoms with Crippen LogP contribution in [0.15, 0.2) is 0 Å². The maximum Gasteiger partial charge on any atom is 0.0359 e. The molecule has 3 nitrogen and oxygen atoms in total. The van der Waals surface area contributed by atoms with Crippen LogP contribution in [0, 0.1) is 0 Å². The van der Waals surface area contributed by atoms with Crippen LogP contribution >= 0.6 is 0 Å². The zero-order valence-electron chi connectivity index (χ0n) is 7.51. The number of nitrogens with one attached hydrogen (secondary N) is 1. The van der Waals surface area contributed by atoms with E-state index >= 15 is 0 Å². The smallest absolute Gasteiger partial charge is 0.0359 e. The summed E-state index contributed by atoms with van der Waals surface area (Å²) in [6.45, 7) is 5.39. The predicted molar refractivity (Wildman–Crippen MR) is 47.6 cm³/mol. The van der Waals surface area contributed by atoms with Gasteiger partial charge in [0, 0.05) is 25.2 Å². The maximum absolute atomic E-state index is 5.91. The highest BCUT2D eigenvalue weighted by Gasteiger charge is 2.26. The summed E-state index contributed by atoms with van der Waals surface area (Å²) in [6.07, 6.45) is 1.19. The standard InChI is InChI=1S/C8H19N3/c1-3-4-10-8-6-11(2)5-7(8)9/h7-8,10H,3-6,9H2,1-2H3. The molecule has 0 aliphatic carbocycles. The lowest BCUT2D eigenvalue weighted by Crippen LogP contribution is -2.44. The van der Waals surface area contributed by atoms with E-state index in [2.05, 4.69) is 24.2 Å². The van der Waals surface area contributed by atoms with Crippen LogP contribution in [0.2, 0.25) is 0 Å². The summed E-state index contributed by atoms with van der Waals surface area (Å²) in [5.74, 6) is 0. The van der Waals surface area contributed by atoms with Crippen LogP contribution in [0.1, 0.15) is 13.3 Å². The molecule has 2 atom stereocenters. The molecule has 3 N–H and O–H groups in total. The number of rotatable bonds is 3. The van der Waals surface area contributed by atoms with Crippen molar-refractivity contribution in [2.45, 2.75) is 25.4 Å². The molecule has 1 heterocycles. The van der Waals surface area contributed by atoms with Gasteiger partial charge in [0.2, 0.25) is 0 Å². The van der Waals surface area contributed by atoms with Crippen molar-refractivity contribution >= 4 is 0 Å². The molecule has 1 aliphatic heterocycles. The molecule has 0 spiro atoms. The summed E-state index contributed by atoms with van der Waals surface area (Å²) >= 11 is 0. The Morgan fingerprint density at radius 3 is 2.73 bits per heavy atom. The topological polar surface area (TPSA) is 41.3 Å². The molecule has 0 aromatic rings. The molecule has 0 radical (unpaired) electrons. The van der Waals surface area contributed by atoms with Crippen molar-refractivity contribution in [2.75, 3.05) is 26.7 Å². The van der Waals surface area contributed by atoms with Gasteiger partial charge < -0.3 is 16.0 Å². The van der Waals surface area contributed by atoms with Gasteiger partial charge >= 0.3 is 0 Å². The molecule has 2 unspecified atom stereocenters. The highest BCUT2D eigenvalue weighted by atomic mass is 15.2. The van der Waals surface area contributed by atoms with Gasteiger partial charge in [-0.15, -0.1) is 0 Å². The fourth-order valence-corrected chi connectivity index (χ4v) is 1.58. The molecule has 66 valence electrons. The van der Waals surface area contributed by atoms with E-state index in [9.17, 15) is 0 Å². The van der Waals surface area contributed by atoms with Crippen molar-refractivity contribution in [3.05, 3.63) is 0 Å². The second kappa shape index (κ2) is 4.04. The number of nitrogens with zero attached hydrogens (tertiary/aromatic N) is 1. The average molecular weight is 157 g/mol. The Bertz CT molecular complexity index is 116. The van der Waals surface area contributed by atoms with E-state index in [0.29, 0.717) is 12.1 Å². The lowest BCUT2D eigenvalue weighted by atomic mass is 10.2. The summed E-state index contributed by atoms with van der Waals surface area (Å²) in [6, 6.07) is 0.839. The SMILES string of the molecule is CCCNC1CN(C)CC1N. The molecule has 1 fully saturated rings. The third-order valence-corrected chi connectivity index (χ3v) is 2.20. The van der Waals surface area contributed by atoms with Crippen LogP contribution in [0.4, 0.5) is 0 Å². The van der Waals surface area contributed by atoms with E-state index in [4.69, 9.17) is 5.73 Å². The van der Waals surface area contributed by atoms with Crippen LogP contribution in [-0.2, 0) is 0 Å². The second-order valence-electron chi connectivity index (χ2n) is 3.45. The number of likely N-dealkylation sites (tertiary alicyclic amines) is 1. The Morgan fingerprint density at radius 1 is 1.55 bits per heavy atom. The molecule has 3 heteroatoms. The Hall–Kier alpha value is -0.120. The summed E-state index contributed by atoms with van der Waals surface area (Å²) in [4.78, 5) is 2.28. The highest BCUT2D eigenvalue weighted by molar-refractivity contribution is 4.90. The number of hydrogen-bond donors (Lipinski definition) is 2. The molecule has 0 saturated carbocycles. The van der Waals surface area contributed by atoms with Crippen LogP contribution in [0.25, 0.3) is 0 Å². The molecular formula is C8H19N3. The van der Waals surface area contributed by atoms with Gasteiger partial charge in [0.15, 0.2) is 0 Å². The largest absolute Gasteiger partial charge is 0.325 e. The van der Waals surface area contributed by atoms with Crippen LogP contribution in [-0.4, -0.2) is 43.7 Å². The fraction of sp³-hybridized carbons (Fsp3) is 1.00. The third-order valence-electron chi connectivity index (χ3n) is 2.20. The minimum atomic E-state index is 0.326. The van der Waals surface area contributed by atoms with Crippen LogP contribution in [0.5, 0.6) is 0 Å². The van der Waals surface area contributed by atoms with Crippen molar-refractivity contribution in [1.29, 1.82) is 0 Å². The maximum atomic E-state index is 5.91. The number of hydrogen-bond acceptors (Lipinski definition) is 3. The molecule has 0 bridgehead atoms. The predicted octanol–water partition coefficient (Wildman–Crippen LogP) is -0.373. The van der Waals surface area contributed by atoms with Crippen LogP contribution in [0.3, 0.4) is 0 Å². The molecule has 0 aromatic carbocycles. The first-order chi connectivity index (χ1) is 5.24. The molecule has 11 heavy (non-hydrogen) atoms. The van der Waals surface area contributed by atoms with Gasteiger partial charge in [0.25, 0.3) is 0 Å². The van der Waals surface area contributed by atoms with Crippen molar-refractivity contribution in [3.8, 4) is 0 Å². The minimum absolute atomic E-state index is 0.326. The van der Waals surface area contributed by atoms with Gasteiger partial charge in [-0.25, -0.2) is 0 Å². The number of likely N-dealkylation sites (N-methyl/N-ethyl adjacent to an activating group) is 1. The Morgan fingerprint density at radius 2 is 2.27 bits per heavy atom. The lowest BCUT2D eigenvalue weighted by molar-refractivity contribution is 0.398. The van der Waals surface area contributed by atoms with E-state index in [1.54, 1.807) is 0 Å². The fourth-order valence-electron chi connectivity index (χ4n) is 1.58. The molecule has 1 rings (SSSR count). The van der Waals surface area contributed by atoms with E-state index in [-0.39, 0.29) is 0 Å². The van der Waals surface area contributed by atoms with Gasteiger partial charge in [0.05, 0.1) is 0 Å². The normalized spacial score (nSPS) is 33.0. The average Bonchev–Trinajstić information content (AvgIpc) is 2.26. The summed E-state index contributed by atoms with van der Waals surface area (Å²) in [5.41, 5.74) is 5.91. The summed E-state index contributed by atoms with van der Waals surface area (Å²) < 4.78 is 0. The molecular weight excluding hydrogens is 138 g/mol. The van der Waals surface area contributed by atoms with Crippen LogP contribution < -0.4 is 11.1 Å². The summed E-state index contributed by atoms with van der Waals surface area (Å²) in [7, 11) is 2.12. The monoisotopic (exact) mass is 157 g/mol. The minimum Gasteiger partial charge on any atom is -0.325 e. The Labute approximate surface area is 68.9 Å². The van der Waals surface area contributed by atoms with Crippen molar-refractivity contribution in [1.82, 2.24) is 10.2 Å². The van der Waals surface area contributed by atoms with E-state index in [1.807, 2.05) is 0 Å². The molecule has 1 aliphatic rings. The van der Waals surface area contributed by atoms with E-state index in [0.717, 1.165) is 19.6 Å². The zero-order valence-corrected chi connectivity index (χ0v) is 7.51. The first-order valence-electron chi connectivity index (χ1n) is 4.41. The van der Waals surface area contributed by atoms with Gasteiger partial charge in [0.1, 0.15) is 0 Å². The Kier molecular flexibility index (Phi) is 3.30. The van der Waals surface area contributed by atoms with Gasteiger partial charge in [-0.3, -0.25) is 0 Å². The lowest BCUT2D eigenvalue weighted by Gasteiger charge is -2.15. The van der Waals surface area contributed by atoms with Gasteiger partial charge in [-0.05, 0) is 20.0 Å². The van der Waals surface area contributed by atoms with Crippen molar-refractivity contribution < 1.29 is 0 Å². The zero-order chi connectivity index (χ0) is 8.27.